The molecule has 0 aliphatic rings. The van der Waals surface area contributed by atoms with Gasteiger partial charge in [-0.05, 0) is 38.0 Å². The average molecular weight is 220 g/mol. The lowest BCUT2D eigenvalue weighted by atomic mass is 10.1. The van der Waals surface area contributed by atoms with Crippen LogP contribution < -0.4 is 4.74 Å². The van der Waals surface area contributed by atoms with Crippen LogP contribution in [0.1, 0.15) is 18.1 Å². The molecular formula is C13H16O3. The molecule has 0 unspecified atom stereocenters. The zero-order valence-corrected chi connectivity index (χ0v) is 9.78. The van der Waals surface area contributed by atoms with Crippen LogP contribution in [0.4, 0.5) is 0 Å². The molecule has 16 heavy (non-hydrogen) atoms. The number of aryl methyl sites for hydroxylation is 2. The summed E-state index contributed by atoms with van der Waals surface area (Å²) in [6.07, 6.45) is 1.56. The fourth-order valence-corrected chi connectivity index (χ4v) is 1.36. The normalized spacial score (nSPS) is 11.3. The third kappa shape index (κ3) is 3.12. The molecule has 0 aliphatic carbocycles. The van der Waals surface area contributed by atoms with Gasteiger partial charge in [-0.25, -0.2) is 4.79 Å². The predicted molar refractivity (Wildman–Crippen MR) is 62.8 cm³/mol. The molecule has 0 spiro atoms. The first-order chi connectivity index (χ1) is 7.52. The summed E-state index contributed by atoms with van der Waals surface area (Å²) >= 11 is 0. The van der Waals surface area contributed by atoms with Gasteiger partial charge in [0.2, 0.25) is 0 Å². The predicted octanol–water partition coefficient (Wildman–Crippen LogP) is 2.71. The third-order valence-electron chi connectivity index (χ3n) is 2.36. The van der Waals surface area contributed by atoms with E-state index in [0.717, 1.165) is 16.9 Å². The van der Waals surface area contributed by atoms with Gasteiger partial charge in [-0.15, -0.1) is 0 Å². The van der Waals surface area contributed by atoms with Crippen molar-refractivity contribution in [3.63, 3.8) is 0 Å². The minimum Gasteiger partial charge on any atom is -0.489 e. The molecule has 0 aromatic heterocycles. The number of benzene rings is 1. The maximum atomic E-state index is 10.6. The summed E-state index contributed by atoms with van der Waals surface area (Å²) in [6.45, 7) is 5.77. The van der Waals surface area contributed by atoms with Crippen LogP contribution in [0.5, 0.6) is 5.75 Å². The Labute approximate surface area is 95.4 Å². The molecule has 0 amide bonds. The van der Waals surface area contributed by atoms with Crippen molar-refractivity contribution < 1.29 is 14.6 Å². The molecule has 0 atom stereocenters. The summed E-state index contributed by atoms with van der Waals surface area (Å²) in [7, 11) is 0. The fraction of sp³-hybridized carbons (Fsp3) is 0.308. The number of carboxylic acid groups (broad SMARTS) is 1. The van der Waals surface area contributed by atoms with E-state index in [9.17, 15) is 4.79 Å². The summed E-state index contributed by atoms with van der Waals surface area (Å²) < 4.78 is 5.55. The highest BCUT2D eigenvalue weighted by Gasteiger charge is 2.03. The standard InChI is InChI=1S/C13H16O3/c1-9-5-4-6-10(2)12(9)16-8-7-11(3)13(14)15/h4-7H,8H2,1-3H3,(H,14,15). The molecule has 3 heteroatoms. The van der Waals surface area contributed by atoms with Crippen LogP contribution in [-0.2, 0) is 4.79 Å². The van der Waals surface area contributed by atoms with E-state index < -0.39 is 5.97 Å². The Kier molecular flexibility index (Phi) is 4.11. The second kappa shape index (κ2) is 5.35. The van der Waals surface area contributed by atoms with Crippen molar-refractivity contribution in [1.82, 2.24) is 0 Å². The number of carbonyl (C=O) groups is 1. The zero-order chi connectivity index (χ0) is 12.1. The lowest BCUT2D eigenvalue weighted by molar-refractivity contribution is -0.132. The van der Waals surface area contributed by atoms with Crippen LogP contribution >= 0.6 is 0 Å². The van der Waals surface area contributed by atoms with E-state index in [1.54, 1.807) is 13.0 Å². The lowest BCUT2D eigenvalue weighted by Crippen LogP contribution is -2.02. The first kappa shape index (κ1) is 12.3. The Morgan fingerprint density at radius 2 is 1.94 bits per heavy atom. The molecule has 86 valence electrons. The van der Waals surface area contributed by atoms with Gasteiger partial charge in [-0.2, -0.15) is 0 Å². The number of rotatable bonds is 4. The highest BCUT2D eigenvalue weighted by molar-refractivity contribution is 5.85. The molecule has 0 saturated carbocycles. The Balaban J connectivity index is 2.69. The summed E-state index contributed by atoms with van der Waals surface area (Å²) in [5.41, 5.74) is 2.41. The second-order valence-corrected chi connectivity index (χ2v) is 3.72. The lowest BCUT2D eigenvalue weighted by Gasteiger charge is -2.10. The summed E-state index contributed by atoms with van der Waals surface area (Å²) in [5, 5.41) is 8.66. The average Bonchev–Trinajstić information content (AvgIpc) is 2.22. The molecule has 0 heterocycles. The summed E-state index contributed by atoms with van der Waals surface area (Å²) in [5.74, 6) is -0.0814. The molecule has 3 nitrogen and oxygen atoms in total. The van der Waals surface area contributed by atoms with E-state index in [0.29, 0.717) is 5.57 Å². The van der Waals surface area contributed by atoms with Gasteiger partial charge in [-0.1, -0.05) is 18.2 Å². The first-order valence-electron chi connectivity index (χ1n) is 5.11. The number of para-hydroxylation sites is 1. The molecule has 1 N–H and O–H groups in total. The maximum absolute atomic E-state index is 10.6. The topological polar surface area (TPSA) is 46.5 Å². The minimum absolute atomic E-state index is 0.282. The van der Waals surface area contributed by atoms with Crippen molar-refractivity contribution >= 4 is 5.97 Å². The van der Waals surface area contributed by atoms with Crippen molar-refractivity contribution in [3.8, 4) is 5.75 Å². The van der Waals surface area contributed by atoms with Gasteiger partial charge in [0.1, 0.15) is 12.4 Å². The Bertz CT molecular complexity index is 399. The van der Waals surface area contributed by atoms with Crippen LogP contribution in [0.2, 0.25) is 0 Å². The van der Waals surface area contributed by atoms with E-state index in [1.807, 2.05) is 32.0 Å². The van der Waals surface area contributed by atoms with E-state index in [4.69, 9.17) is 9.84 Å². The Morgan fingerprint density at radius 1 is 1.38 bits per heavy atom. The van der Waals surface area contributed by atoms with Gasteiger partial charge in [-0.3, -0.25) is 0 Å². The van der Waals surface area contributed by atoms with Crippen LogP contribution in [0, 0.1) is 13.8 Å². The second-order valence-electron chi connectivity index (χ2n) is 3.72. The molecule has 0 bridgehead atoms. The number of ether oxygens (including phenoxy) is 1. The fourth-order valence-electron chi connectivity index (χ4n) is 1.36. The third-order valence-corrected chi connectivity index (χ3v) is 2.36. The molecule has 1 aromatic carbocycles. The maximum Gasteiger partial charge on any atom is 0.331 e. The molecule has 1 rings (SSSR count). The van der Waals surface area contributed by atoms with Crippen molar-refractivity contribution in [3.05, 3.63) is 41.0 Å². The zero-order valence-electron chi connectivity index (χ0n) is 9.78. The van der Waals surface area contributed by atoms with Gasteiger partial charge in [0.25, 0.3) is 0 Å². The summed E-state index contributed by atoms with van der Waals surface area (Å²) in [4.78, 5) is 10.6. The molecule has 1 aromatic rings. The summed E-state index contributed by atoms with van der Waals surface area (Å²) in [6, 6.07) is 5.90. The molecule has 0 radical (unpaired) electrons. The quantitative estimate of drug-likeness (QED) is 0.793. The van der Waals surface area contributed by atoms with Crippen LogP contribution in [0.25, 0.3) is 0 Å². The molecule has 0 saturated heterocycles. The van der Waals surface area contributed by atoms with Crippen LogP contribution in [0.3, 0.4) is 0 Å². The Hall–Kier alpha value is -1.77. The Morgan fingerprint density at radius 3 is 2.44 bits per heavy atom. The van der Waals surface area contributed by atoms with Crippen molar-refractivity contribution in [1.29, 1.82) is 0 Å². The van der Waals surface area contributed by atoms with Gasteiger partial charge in [0.15, 0.2) is 0 Å². The highest BCUT2D eigenvalue weighted by Crippen LogP contribution is 2.22. The number of hydrogen-bond donors (Lipinski definition) is 1. The smallest absolute Gasteiger partial charge is 0.331 e. The molecule has 0 aliphatic heterocycles. The highest BCUT2D eigenvalue weighted by atomic mass is 16.5. The van der Waals surface area contributed by atoms with E-state index >= 15 is 0 Å². The van der Waals surface area contributed by atoms with Gasteiger partial charge in [0, 0.05) is 5.57 Å². The van der Waals surface area contributed by atoms with Gasteiger partial charge >= 0.3 is 5.97 Å². The SMILES string of the molecule is CC(=CCOc1c(C)cccc1C)C(=O)O. The number of hydrogen-bond acceptors (Lipinski definition) is 2. The van der Waals surface area contributed by atoms with Crippen LogP contribution in [0.15, 0.2) is 29.8 Å². The van der Waals surface area contributed by atoms with E-state index in [-0.39, 0.29) is 6.61 Å². The number of carboxylic acids is 1. The first-order valence-corrected chi connectivity index (χ1v) is 5.11. The number of aliphatic carboxylic acids is 1. The van der Waals surface area contributed by atoms with Gasteiger partial charge in [0.05, 0.1) is 0 Å². The van der Waals surface area contributed by atoms with Crippen molar-refractivity contribution in [2.75, 3.05) is 6.61 Å². The largest absolute Gasteiger partial charge is 0.489 e. The van der Waals surface area contributed by atoms with E-state index in [2.05, 4.69) is 0 Å². The molecular weight excluding hydrogens is 204 g/mol. The van der Waals surface area contributed by atoms with Gasteiger partial charge < -0.3 is 9.84 Å². The van der Waals surface area contributed by atoms with Crippen molar-refractivity contribution in [2.24, 2.45) is 0 Å². The van der Waals surface area contributed by atoms with Crippen molar-refractivity contribution in [2.45, 2.75) is 20.8 Å². The molecule has 0 fully saturated rings. The monoisotopic (exact) mass is 220 g/mol. The minimum atomic E-state index is -0.912. The van der Waals surface area contributed by atoms with Crippen LogP contribution in [-0.4, -0.2) is 17.7 Å². The van der Waals surface area contributed by atoms with E-state index in [1.165, 1.54) is 0 Å².